The first-order chi connectivity index (χ1) is 16.5. The van der Waals surface area contributed by atoms with Crippen LogP contribution in [0, 0.1) is 5.92 Å². The van der Waals surface area contributed by atoms with E-state index in [-0.39, 0.29) is 27.8 Å². The Morgan fingerprint density at radius 1 is 1.23 bits per heavy atom. The first-order valence-corrected chi connectivity index (χ1v) is 12.1. The molecule has 1 aliphatic heterocycles. The van der Waals surface area contributed by atoms with Gasteiger partial charge in [0.25, 0.3) is 6.43 Å². The van der Waals surface area contributed by atoms with Gasteiger partial charge in [-0.3, -0.25) is 4.68 Å². The van der Waals surface area contributed by atoms with E-state index in [0.717, 1.165) is 24.2 Å². The minimum Gasteiger partial charge on any atom is -0.382 e. The lowest BCUT2D eigenvalue weighted by atomic mass is 9.95. The summed E-state index contributed by atoms with van der Waals surface area (Å²) in [6.45, 7) is 3.49. The summed E-state index contributed by atoms with van der Waals surface area (Å²) in [6.07, 6.45) is -4.00. The van der Waals surface area contributed by atoms with Gasteiger partial charge in [0.1, 0.15) is 16.3 Å². The van der Waals surface area contributed by atoms with Crippen LogP contribution in [0.2, 0.25) is 0 Å². The number of alkyl halides is 5. The number of aliphatic hydroxyl groups is 1. The van der Waals surface area contributed by atoms with Crippen molar-refractivity contribution in [3.63, 3.8) is 0 Å². The third-order valence-corrected chi connectivity index (χ3v) is 7.53. The molecule has 0 radical (unpaired) electrons. The Morgan fingerprint density at radius 3 is 2.63 bits per heavy atom. The van der Waals surface area contributed by atoms with Gasteiger partial charge in [0.2, 0.25) is 5.95 Å². The fraction of sp³-hybridized carbons (Fsp3) is 0.500. The van der Waals surface area contributed by atoms with Gasteiger partial charge < -0.3 is 10.4 Å². The highest BCUT2D eigenvalue weighted by Gasteiger charge is 2.37. The van der Waals surface area contributed by atoms with Crippen molar-refractivity contribution in [1.29, 1.82) is 0 Å². The molecule has 3 atom stereocenters. The summed E-state index contributed by atoms with van der Waals surface area (Å²) < 4.78 is 70.3. The second kappa shape index (κ2) is 10.3. The van der Waals surface area contributed by atoms with Crippen molar-refractivity contribution in [3.8, 4) is 10.7 Å². The van der Waals surface area contributed by atoms with Crippen molar-refractivity contribution in [2.45, 2.75) is 43.0 Å². The summed E-state index contributed by atoms with van der Waals surface area (Å²) in [6, 6.07) is -0.0853. The van der Waals surface area contributed by atoms with E-state index in [0.29, 0.717) is 24.0 Å². The number of nitrogens with zero attached hydrogens (tertiary/aromatic N) is 6. The normalized spacial score (nSPS) is 20.4. The van der Waals surface area contributed by atoms with E-state index in [4.69, 9.17) is 0 Å². The summed E-state index contributed by atoms with van der Waals surface area (Å²) >= 11 is 2.13. The van der Waals surface area contributed by atoms with Gasteiger partial charge in [-0.2, -0.15) is 18.3 Å². The van der Waals surface area contributed by atoms with Gasteiger partial charge in [0.15, 0.2) is 6.10 Å². The number of aliphatic hydroxyl groups excluding tert-OH is 1. The zero-order valence-corrected chi connectivity index (χ0v) is 20.2. The molecule has 0 aromatic carbocycles. The van der Waals surface area contributed by atoms with Crippen LogP contribution in [0.5, 0.6) is 0 Å². The van der Waals surface area contributed by atoms with Gasteiger partial charge in [-0.05, 0) is 24.3 Å². The SMILES string of the molecule is CC1CN(Sc2cnn(C)c2)CCC1Nc1ncc(C(F)(F)F)c(-c2ncc(C(O)C(F)F)s2)n1. The van der Waals surface area contributed by atoms with E-state index in [2.05, 4.69) is 29.7 Å². The van der Waals surface area contributed by atoms with Crippen LogP contribution in [-0.2, 0) is 13.2 Å². The van der Waals surface area contributed by atoms with E-state index in [9.17, 15) is 27.1 Å². The Hall–Kier alpha value is -2.36. The lowest BCUT2D eigenvalue weighted by molar-refractivity contribution is -0.137. The summed E-state index contributed by atoms with van der Waals surface area (Å²) in [5, 5.41) is 16.6. The molecule has 35 heavy (non-hydrogen) atoms. The van der Waals surface area contributed by atoms with Gasteiger partial charge in [0, 0.05) is 44.8 Å². The monoisotopic (exact) mass is 535 g/mol. The van der Waals surface area contributed by atoms with Crippen molar-refractivity contribution in [1.82, 2.24) is 29.0 Å². The summed E-state index contributed by atoms with van der Waals surface area (Å²) in [5.41, 5.74) is -1.66. The van der Waals surface area contributed by atoms with Gasteiger partial charge in [-0.25, -0.2) is 28.0 Å². The number of halogens is 5. The maximum Gasteiger partial charge on any atom is 0.420 e. The third kappa shape index (κ3) is 6.08. The van der Waals surface area contributed by atoms with Crippen LogP contribution in [0.15, 0.2) is 29.7 Å². The molecule has 0 saturated carbocycles. The maximum atomic E-state index is 13.6. The average molecular weight is 536 g/mol. The molecule has 4 rings (SSSR count). The number of nitrogens with one attached hydrogen (secondary N) is 1. The number of aryl methyl sites for hydroxylation is 1. The number of rotatable bonds is 7. The van der Waals surface area contributed by atoms with Crippen LogP contribution >= 0.6 is 23.3 Å². The first kappa shape index (κ1) is 25.7. The molecular weight excluding hydrogens is 513 g/mol. The minimum atomic E-state index is -4.77. The molecule has 8 nitrogen and oxygen atoms in total. The number of piperidine rings is 1. The lowest BCUT2D eigenvalue weighted by Gasteiger charge is -2.36. The summed E-state index contributed by atoms with van der Waals surface area (Å²) in [7, 11) is 1.84. The molecule has 2 N–H and O–H groups in total. The predicted molar refractivity (Wildman–Crippen MR) is 121 cm³/mol. The van der Waals surface area contributed by atoms with E-state index in [1.165, 1.54) is 0 Å². The molecule has 0 amide bonds. The second-order valence-corrected chi connectivity index (χ2v) is 10.4. The fourth-order valence-electron chi connectivity index (χ4n) is 3.64. The maximum absolute atomic E-state index is 13.6. The molecule has 3 aromatic heterocycles. The molecule has 15 heteroatoms. The van der Waals surface area contributed by atoms with Crippen LogP contribution in [0.4, 0.5) is 27.9 Å². The largest absolute Gasteiger partial charge is 0.420 e. The molecule has 1 fully saturated rings. The highest BCUT2D eigenvalue weighted by Crippen LogP contribution is 2.39. The van der Waals surface area contributed by atoms with Crippen molar-refractivity contribution >= 4 is 29.2 Å². The fourth-order valence-corrected chi connectivity index (χ4v) is 5.65. The van der Waals surface area contributed by atoms with Crippen molar-refractivity contribution < 1.29 is 27.1 Å². The number of hydrogen-bond acceptors (Lipinski definition) is 9. The molecule has 3 aromatic rings. The molecule has 1 saturated heterocycles. The van der Waals surface area contributed by atoms with Crippen molar-refractivity contribution in [3.05, 3.63) is 35.2 Å². The number of thiazole rings is 1. The van der Waals surface area contributed by atoms with Crippen molar-refractivity contribution in [2.75, 3.05) is 18.4 Å². The molecular formula is C20H22F5N7OS2. The van der Waals surface area contributed by atoms with Crippen LogP contribution in [-0.4, -0.2) is 59.7 Å². The number of anilines is 1. The van der Waals surface area contributed by atoms with Crippen LogP contribution in [0.3, 0.4) is 0 Å². The molecule has 1 aliphatic rings. The number of aromatic nitrogens is 5. The van der Waals surface area contributed by atoms with Gasteiger partial charge in [0.05, 0.1) is 16.0 Å². The number of hydrogen-bond donors (Lipinski definition) is 2. The minimum absolute atomic E-state index is 0.00984. The predicted octanol–water partition coefficient (Wildman–Crippen LogP) is 4.48. The van der Waals surface area contributed by atoms with E-state index >= 15 is 0 Å². The lowest BCUT2D eigenvalue weighted by Crippen LogP contribution is -2.42. The highest BCUT2D eigenvalue weighted by atomic mass is 32.2. The molecule has 3 unspecified atom stereocenters. The Bertz CT molecular complexity index is 1160. The van der Waals surface area contributed by atoms with Gasteiger partial charge in [-0.15, -0.1) is 11.3 Å². The van der Waals surface area contributed by atoms with Crippen molar-refractivity contribution in [2.24, 2.45) is 13.0 Å². The zero-order chi connectivity index (χ0) is 25.3. The standard InChI is InChI=1S/C20H22F5N7OS2/c1-10-8-32(35-11-5-28-31(2)9-11)4-3-13(10)29-19-27-6-12(20(23,24)25)15(30-19)18-26-7-14(34-18)16(33)17(21)22/h5-7,9-10,13,16-17,33H,3-4,8H2,1-2H3,(H,27,29,30). The molecule has 4 heterocycles. The Balaban J connectivity index is 1.51. The smallest absolute Gasteiger partial charge is 0.382 e. The first-order valence-electron chi connectivity index (χ1n) is 10.6. The molecule has 0 spiro atoms. The van der Waals surface area contributed by atoms with Gasteiger partial charge >= 0.3 is 6.18 Å². The van der Waals surface area contributed by atoms with E-state index in [1.54, 1.807) is 22.8 Å². The Kier molecular flexibility index (Phi) is 7.59. The second-order valence-electron chi connectivity index (χ2n) is 8.15. The zero-order valence-electron chi connectivity index (χ0n) is 18.6. The molecule has 0 bridgehead atoms. The Morgan fingerprint density at radius 2 is 2.00 bits per heavy atom. The third-order valence-electron chi connectivity index (χ3n) is 5.45. The van der Waals surface area contributed by atoms with E-state index in [1.807, 2.05) is 20.2 Å². The van der Waals surface area contributed by atoms with Gasteiger partial charge in [-0.1, -0.05) is 6.92 Å². The quantitative estimate of drug-likeness (QED) is 0.338. The average Bonchev–Trinajstić information content (AvgIpc) is 3.43. The topological polar surface area (TPSA) is 92.0 Å². The summed E-state index contributed by atoms with van der Waals surface area (Å²) in [4.78, 5) is 12.5. The van der Waals surface area contributed by atoms with E-state index < -0.39 is 30.0 Å². The van der Waals surface area contributed by atoms with Crippen LogP contribution in [0.1, 0.15) is 29.9 Å². The molecule has 190 valence electrons. The summed E-state index contributed by atoms with van der Waals surface area (Å²) in [5.74, 6) is 0.124. The van der Waals surface area contributed by atoms with Crippen LogP contribution in [0.25, 0.3) is 10.7 Å². The van der Waals surface area contributed by atoms with Crippen LogP contribution < -0.4 is 5.32 Å². The highest BCUT2D eigenvalue weighted by molar-refractivity contribution is 7.97. The molecule has 0 aliphatic carbocycles. The Labute approximate surface area is 205 Å².